The molecule has 22 heavy (non-hydrogen) atoms. The van der Waals surface area contributed by atoms with Crippen molar-refractivity contribution in [3.8, 4) is 0 Å². The van der Waals surface area contributed by atoms with Crippen molar-refractivity contribution >= 4 is 31.6 Å². The molecule has 0 aliphatic carbocycles. The standard InChI is InChI=1S/C13H18BrN3O4S/c1-2-7-16(11-5-6-15-9-11)22(20,21)13-8-10(14)3-4-12(13)17(18)19/h3-4,8,11,15H,2,5-7,9H2,1H3. The fourth-order valence-electron chi connectivity index (χ4n) is 2.58. The number of nitro benzene ring substituents is 1. The van der Waals surface area contributed by atoms with Crippen molar-refractivity contribution in [3.63, 3.8) is 0 Å². The quantitative estimate of drug-likeness (QED) is 0.592. The van der Waals surface area contributed by atoms with Crippen LogP contribution < -0.4 is 5.32 Å². The largest absolute Gasteiger partial charge is 0.315 e. The van der Waals surface area contributed by atoms with E-state index < -0.39 is 20.6 Å². The van der Waals surface area contributed by atoms with Gasteiger partial charge in [-0.15, -0.1) is 0 Å². The number of hydrogen-bond donors (Lipinski definition) is 1. The lowest BCUT2D eigenvalue weighted by Gasteiger charge is -2.27. The van der Waals surface area contributed by atoms with Crippen molar-refractivity contribution in [2.24, 2.45) is 0 Å². The highest BCUT2D eigenvalue weighted by Gasteiger charge is 2.36. The van der Waals surface area contributed by atoms with Gasteiger partial charge in [0.05, 0.1) is 4.92 Å². The maximum atomic E-state index is 13.0. The second kappa shape index (κ2) is 7.03. The number of sulfonamides is 1. The second-order valence-corrected chi connectivity index (χ2v) is 7.91. The van der Waals surface area contributed by atoms with Crippen molar-refractivity contribution in [1.82, 2.24) is 9.62 Å². The third-order valence-electron chi connectivity index (χ3n) is 3.59. The first-order chi connectivity index (χ1) is 10.4. The SMILES string of the molecule is CCCN(C1CCNC1)S(=O)(=O)c1cc(Br)ccc1[N+](=O)[O-]. The summed E-state index contributed by atoms with van der Waals surface area (Å²) < 4.78 is 27.8. The molecule has 7 nitrogen and oxygen atoms in total. The Labute approximate surface area is 138 Å². The van der Waals surface area contributed by atoms with Gasteiger partial charge in [-0.25, -0.2) is 8.42 Å². The van der Waals surface area contributed by atoms with E-state index in [1.807, 2.05) is 6.92 Å². The zero-order chi connectivity index (χ0) is 16.3. The predicted octanol–water partition coefficient (Wildman–Crippen LogP) is 2.12. The molecule has 0 saturated carbocycles. The molecule has 1 atom stereocenters. The van der Waals surface area contributed by atoms with Gasteiger partial charge < -0.3 is 5.32 Å². The van der Waals surface area contributed by atoms with Gasteiger partial charge in [-0.1, -0.05) is 22.9 Å². The van der Waals surface area contributed by atoms with Crippen LogP contribution in [0.15, 0.2) is 27.6 Å². The van der Waals surface area contributed by atoms with Crippen LogP contribution in [0.4, 0.5) is 5.69 Å². The average Bonchev–Trinajstić information content (AvgIpc) is 2.97. The number of hydrogen-bond acceptors (Lipinski definition) is 5. The molecule has 0 bridgehead atoms. The summed E-state index contributed by atoms with van der Waals surface area (Å²) in [5.41, 5.74) is -0.393. The summed E-state index contributed by atoms with van der Waals surface area (Å²) in [6.07, 6.45) is 1.36. The smallest absolute Gasteiger partial charge is 0.289 e. The minimum Gasteiger partial charge on any atom is -0.315 e. The Bertz CT molecular complexity index is 659. The van der Waals surface area contributed by atoms with E-state index in [4.69, 9.17) is 0 Å². The molecule has 1 fully saturated rings. The van der Waals surface area contributed by atoms with Gasteiger partial charge in [0.25, 0.3) is 5.69 Å². The van der Waals surface area contributed by atoms with E-state index in [0.29, 0.717) is 30.4 Å². The normalized spacial score (nSPS) is 18.8. The molecule has 1 aromatic carbocycles. The van der Waals surface area contributed by atoms with Crippen LogP contribution >= 0.6 is 15.9 Å². The van der Waals surface area contributed by atoms with Crippen LogP contribution in [0.1, 0.15) is 19.8 Å². The number of rotatable bonds is 6. The van der Waals surface area contributed by atoms with Gasteiger partial charge in [0.2, 0.25) is 10.0 Å². The van der Waals surface area contributed by atoms with Crippen LogP contribution in [0.5, 0.6) is 0 Å². The minimum absolute atomic E-state index is 0.163. The molecule has 2 rings (SSSR count). The third kappa shape index (κ3) is 3.48. The van der Waals surface area contributed by atoms with Crippen LogP contribution in [0.2, 0.25) is 0 Å². The molecule has 1 heterocycles. The van der Waals surface area contributed by atoms with Gasteiger partial charge in [0.1, 0.15) is 0 Å². The van der Waals surface area contributed by atoms with E-state index in [1.54, 1.807) is 0 Å². The zero-order valence-electron chi connectivity index (χ0n) is 12.2. The zero-order valence-corrected chi connectivity index (χ0v) is 14.6. The Balaban J connectivity index is 2.51. The Morgan fingerprint density at radius 2 is 2.23 bits per heavy atom. The lowest BCUT2D eigenvalue weighted by Crippen LogP contribution is -2.42. The third-order valence-corrected chi connectivity index (χ3v) is 6.06. The molecule has 1 aliphatic rings. The van der Waals surface area contributed by atoms with Crippen molar-refractivity contribution < 1.29 is 13.3 Å². The molecule has 0 amide bonds. The topological polar surface area (TPSA) is 92.6 Å². The first kappa shape index (κ1) is 17.3. The molecule has 1 saturated heterocycles. The van der Waals surface area contributed by atoms with Crippen LogP contribution in [0.3, 0.4) is 0 Å². The summed E-state index contributed by atoms with van der Waals surface area (Å²) in [4.78, 5) is 10.3. The van der Waals surface area contributed by atoms with Crippen molar-refractivity contribution in [3.05, 3.63) is 32.8 Å². The number of nitrogens with zero attached hydrogens (tertiary/aromatic N) is 2. The Morgan fingerprint density at radius 1 is 1.50 bits per heavy atom. The van der Waals surface area contributed by atoms with E-state index in [9.17, 15) is 18.5 Å². The summed E-state index contributed by atoms with van der Waals surface area (Å²) >= 11 is 3.19. The van der Waals surface area contributed by atoms with E-state index in [1.165, 1.54) is 22.5 Å². The lowest BCUT2D eigenvalue weighted by molar-refractivity contribution is -0.387. The summed E-state index contributed by atoms with van der Waals surface area (Å²) in [7, 11) is -3.92. The van der Waals surface area contributed by atoms with Gasteiger partial charge in [-0.05, 0) is 31.5 Å². The Hall–Kier alpha value is -1.03. The van der Waals surface area contributed by atoms with E-state index in [0.717, 1.165) is 6.54 Å². The molecule has 9 heteroatoms. The molecule has 1 N–H and O–H groups in total. The lowest BCUT2D eigenvalue weighted by atomic mass is 10.2. The van der Waals surface area contributed by atoms with Gasteiger partial charge in [-0.2, -0.15) is 4.31 Å². The summed E-state index contributed by atoms with van der Waals surface area (Å²) in [5.74, 6) is 0. The first-order valence-electron chi connectivity index (χ1n) is 7.04. The fraction of sp³-hybridized carbons (Fsp3) is 0.538. The van der Waals surface area contributed by atoms with E-state index >= 15 is 0 Å². The Morgan fingerprint density at radius 3 is 2.77 bits per heavy atom. The average molecular weight is 392 g/mol. The van der Waals surface area contributed by atoms with Gasteiger partial charge in [-0.3, -0.25) is 10.1 Å². The van der Waals surface area contributed by atoms with E-state index in [-0.39, 0.29) is 10.9 Å². The van der Waals surface area contributed by atoms with Crippen molar-refractivity contribution in [1.29, 1.82) is 0 Å². The highest BCUT2D eigenvalue weighted by atomic mass is 79.9. The molecule has 0 spiro atoms. The maximum Gasteiger partial charge on any atom is 0.289 e. The van der Waals surface area contributed by atoms with Crippen molar-refractivity contribution in [2.75, 3.05) is 19.6 Å². The first-order valence-corrected chi connectivity index (χ1v) is 9.27. The molecular weight excluding hydrogens is 374 g/mol. The summed E-state index contributed by atoms with van der Waals surface area (Å²) in [6.45, 7) is 3.56. The highest BCUT2D eigenvalue weighted by molar-refractivity contribution is 9.10. The molecule has 1 aromatic rings. The van der Waals surface area contributed by atoms with Gasteiger partial charge in [0.15, 0.2) is 4.90 Å². The Kier molecular flexibility index (Phi) is 5.54. The molecule has 122 valence electrons. The second-order valence-electron chi connectivity index (χ2n) is 5.13. The predicted molar refractivity (Wildman–Crippen MR) is 86.3 cm³/mol. The number of nitrogens with one attached hydrogen (secondary N) is 1. The van der Waals surface area contributed by atoms with Crippen LogP contribution in [0.25, 0.3) is 0 Å². The van der Waals surface area contributed by atoms with Crippen LogP contribution in [-0.2, 0) is 10.0 Å². The highest BCUT2D eigenvalue weighted by Crippen LogP contribution is 2.31. The number of benzene rings is 1. The summed E-state index contributed by atoms with van der Waals surface area (Å²) in [6, 6.07) is 3.83. The van der Waals surface area contributed by atoms with Gasteiger partial charge >= 0.3 is 0 Å². The monoisotopic (exact) mass is 391 g/mol. The molecule has 1 unspecified atom stereocenters. The van der Waals surface area contributed by atoms with E-state index in [2.05, 4.69) is 21.2 Å². The van der Waals surface area contributed by atoms with Crippen molar-refractivity contribution in [2.45, 2.75) is 30.7 Å². The van der Waals surface area contributed by atoms with Gasteiger partial charge in [0, 0.05) is 29.7 Å². The van der Waals surface area contributed by atoms with Crippen LogP contribution in [0, 0.1) is 10.1 Å². The minimum atomic E-state index is -3.92. The molecular formula is C13H18BrN3O4S. The molecule has 0 radical (unpaired) electrons. The summed E-state index contributed by atoms with van der Waals surface area (Å²) in [5, 5.41) is 14.3. The number of halogens is 1. The molecule has 1 aliphatic heterocycles. The molecule has 0 aromatic heterocycles. The fourth-order valence-corrected chi connectivity index (χ4v) is 5.02. The maximum absolute atomic E-state index is 13.0. The van der Waals surface area contributed by atoms with Crippen LogP contribution in [-0.4, -0.2) is 43.3 Å². The number of nitro groups is 1.